The average molecular weight is 226 g/mol. The van der Waals surface area contributed by atoms with Gasteiger partial charge in [0.2, 0.25) is 11.9 Å². The van der Waals surface area contributed by atoms with E-state index >= 15 is 0 Å². The number of nitrogens with zero attached hydrogens (tertiary/aromatic N) is 2. The number of aromatic nitrogens is 1. The lowest BCUT2D eigenvalue weighted by Gasteiger charge is -2.06. The molecule has 0 fully saturated rings. The minimum absolute atomic E-state index is 0.234. The van der Waals surface area contributed by atoms with Gasteiger partial charge in [-0.05, 0) is 23.2 Å². The van der Waals surface area contributed by atoms with Crippen molar-refractivity contribution in [2.45, 2.75) is 13.8 Å². The Morgan fingerprint density at radius 3 is 2.47 bits per heavy atom. The van der Waals surface area contributed by atoms with Gasteiger partial charge >= 0.3 is 0 Å². The monoisotopic (exact) mass is 226 g/mol. The van der Waals surface area contributed by atoms with Crippen LogP contribution in [0.25, 0.3) is 0 Å². The summed E-state index contributed by atoms with van der Waals surface area (Å²) >= 11 is 0. The van der Waals surface area contributed by atoms with Crippen molar-refractivity contribution in [1.82, 2.24) is 0 Å². The Balaban J connectivity index is 2.36. The highest BCUT2D eigenvalue weighted by molar-refractivity contribution is 5.89. The summed E-state index contributed by atoms with van der Waals surface area (Å²) in [5.74, 6) is -0.234. The fraction of sp³-hybridized carbons (Fsp3) is 0.143. The summed E-state index contributed by atoms with van der Waals surface area (Å²) in [6.07, 6.45) is 1.80. The molecule has 2 rings (SSSR count). The first kappa shape index (κ1) is 11.3. The van der Waals surface area contributed by atoms with Crippen molar-refractivity contribution in [2.24, 2.45) is 5.10 Å². The number of benzene rings is 1. The standard InChI is InChI=1S/C14H14N2O/c1-11-8-9-16(12(2)10-11)15-14(17)13-6-4-3-5-7-13/h3-10H,1-2H3. The lowest BCUT2D eigenvalue weighted by atomic mass is 10.2. The summed E-state index contributed by atoms with van der Waals surface area (Å²) in [5.41, 5.74) is 2.69. The average Bonchev–Trinajstić information content (AvgIpc) is 2.34. The topological polar surface area (TPSA) is 39.3 Å². The van der Waals surface area contributed by atoms with Gasteiger partial charge in [-0.3, -0.25) is 0 Å². The Morgan fingerprint density at radius 1 is 1.12 bits per heavy atom. The third kappa shape index (κ3) is 2.69. The number of hydrogen-bond donors (Lipinski definition) is 0. The van der Waals surface area contributed by atoms with Crippen LogP contribution >= 0.6 is 0 Å². The smallest absolute Gasteiger partial charge is 0.211 e. The Labute approximate surface area is 101 Å². The van der Waals surface area contributed by atoms with Crippen molar-refractivity contribution in [3.8, 4) is 0 Å². The SMILES string of the molecule is Cc1cc[n+](/N=C(\[O-])c2ccccc2)c(C)c1. The van der Waals surface area contributed by atoms with Crippen LogP contribution in [0, 0.1) is 13.8 Å². The molecule has 1 aromatic heterocycles. The van der Waals surface area contributed by atoms with E-state index in [2.05, 4.69) is 5.10 Å². The lowest BCUT2D eigenvalue weighted by Crippen LogP contribution is -2.36. The van der Waals surface area contributed by atoms with Crippen molar-refractivity contribution >= 4 is 5.90 Å². The van der Waals surface area contributed by atoms with Gasteiger partial charge in [-0.15, -0.1) is 0 Å². The molecule has 3 heteroatoms. The van der Waals surface area contributed by atoms with Gasteiger partial charge in [-0.1, -0.05) is 35.0 Å². The van der Waals surface area contributed by atoms with Gasteiger partial charge in [-0.2, -0.15) is 0 Å². The van der Waals surface area contributed by atoms with Gasteiger partial charge in [0.15, 0.2) is 0 Å². The van der Waals surface area contributed by atoms with E-state index < -0.39 is 0 Å². The van der Waals surface area contributed by atoms with Crippen molar-refractivity contribution in [3.63, 3.8) is 0 Å². The van der Waals surface area contributed by atoms with Crippen molar-refractivity contribution in [1.29, 1.82) is 0 Å². The molecule has 0 saturated heterocycles. The predicted molar refractivity (Wildman–Crippen MR) is 64.5 cm³/mol. The van der Waals surface area contributed by atoms with Gasteiger partial charge in [0, 0.05) is 19.1 Å². The molecule has 2 aromatic rings. The molecule has 0 saturated carbocycles. The van der Waals surface area contributed by atoms with E-state index in [1.54, 1.807) is 23.0 Å². The summed E-state index contributed by atoms with van der Waals surface area (Å²) in [6, 6.07) is 13.0. The van der Waals surface area contributed by atoms with Crippen molar-refractivity contribution in [3.05, 3.63) is 65.5 Å². The number of aryl methyl sites for hydroxylation is 2. The van der Waals surface area contributed by atoms with Crippen LogP contribution in [0.4, 0.5) is 0 Å². The third-order valence-corrected chi connectivity index (χ3v) is 2.50. The molecule has 0 amide bonds. The van der Waals surface area contributed by atoms with Crippen LogP contribution in [-0.4, -0.2) is 5.90 Å². The summed E-state index contributed by atoms with van der Waals surface area (Å²) in [5, 5.41) is 15.9. The van der Waals surface area contributed by atoms with Crippen molar-refractivity contribution in [2.75, 3.05) is 0 Å². The molecule has 17 heavy (non-hydrogen) atoms. The normalized spacial score (nSPS) is 11.5. The quantitative estimate of drug-likeness (QED) is 0.430. The molecule has 0 atom stereocenters. The highest BCUT2D eigenvalue weighted by atomic mass is 16.3. The minimum Gasteiger partial charge on any atom is -0.854 e. The van der Waals surface area contributed by atoms with Gasteiger partial charge in [0.1, 0.15) is 0 Å². The first-order valence-electron chi connectivity index (χ1n) is 5.47. The molecule has 0 unspecified atom stereocenters. The van der Waals surface area contributed by atoms with Gasteiger partial charge in [0.25, 0.3) is 0 Å². The molecule has 0 bridgehead atoms. The van der Waals surface area contributed by atoms with Gasteiger partial charge < -0.3 is 5.11 Å². The van der Waals surface area contributed by atoms with Crippen LogP contribution < -0.4 is 9.78 Å². The van der Waals surface area contributed by atoms with E-state index in [4.69, 9.17) is 0 Å². The van der Waals surface area contributed by atoms with Crippen LogP contribution in [0.5, 0.6) is 0 Å². The zero-order valence-corrected chi connectivity index (χ0v) is 9.92. The molecule has 0 aliphatic rings. The molecule has 0 radical (unpaired) electrons. The minimum atomic E-state index is -0.234. The number of pyridine rings is 1. The molecule has 86 valence electrons. The zero-order valence-electron chi connectivity index (χ0n) is 9.92. The number of hydrogen-bond acceptors (Lipinski definition) is 2. The zero-order chi connectivity index (χ0) is 12.3. The summed E-state index contributed by atoms with van der Waals surface area (Å²) in [4.78, 5) is 0. The molecular weight excluding hydrogens is 212 g/mol. The molecule has 0 spiro atoms. The summed E-state index contributed by atoms with van der Waals surface area (Å²) < 4.78 is 1.60. The second kappa shape index (κ2) is 4.78. The van der Waals surface area contributed by atoms with E-state index in [1.807, 2.05) is 44.2 Å². The molecule has 1 aromatic carbocycles. The fourth-order valence-electron chi connectivity index (χ4n) is 1.60. The lowest BCUT2D eigenvalue weighted by molar-refractivity contribution is -0.687. The van der Waals surface area contributed by atoms with E-state index in [-0.39, 0.29) is 5.90 Å². The third-order valence-electron chi connectivity index (χ3n) is 2.50. The Morgan fingerprint density at radius 2 is 1.82 bits per heavy atom. The van der Waals surface area contributed by atoms with Crippen LogP contribution in [0.2, 0.25) is 0 Å². The largest absolute Gasteiger partial charge is 0.854 e. The maximum atomic E-state index is 11.9. The van der Waals surface area contributed by atoms with Crippen molar-refractivity contribution < 1.29 is 9.78 Å². The molecular formula is C14H14N2O. The molecule has 1 heterocycles. The summed E-state index contributed by atoms with van der Waals surface area (Å²) in [6.45, 7) is 3.94. The van der Waals surface area contributed by atoms with E-state index in [1.165, 1.54) is 0 Å². The van der Waals surface area contributed by atoms with E-state index in [0.29, 0.717) is 5.56 Å². The van der Waals surface area contributed by atoms with Crippen LogP contribution in [-0.2, 0) is 0 Å². The molecule has 3 nitrogen and oxygen atoms in total. The Hall–Kier alpha value is -2.16. The van der Waals surface area contributed by atoms with E-state index in [0.717, 1.165) is 11.3 Å². The van der Waals surface area contributed by atoms with Gasteiger partial charge in [0.05, 0.1) is 5.90 Å². The highest BCUT2D eigenvalue weighted by Gasteiger charge is 2.04. The second-order valence-electron chi connectivity index (χ2n) is 3.96. The predicted octanol–water partition coefficient (Wildman–Crippen LogP) is 1.16. The Kier molecular flexibility index (Phi) is 3.19. The molecule has 0 aliphatic carbocycles. The molecule has 0 N–H and O–H groups in total. The second-order valence-corrected chi connectivity index (χ2v) is 3.96. The van der Waals surface area contributed by atoms with Gasteiger partial charge in [-0.25, -0.2) is 0 Å². The maximum Gasteiger partial charge on any atom is 0.211 e. The van der Waals surface area contributed by atoms with Crippen LogP contribution in [0.3, 0.4) is 0 Å². The number of rotatable bonds is 2. The fourth-order valence-corrected chi connectivity index (χ4v) is 1.60. The summed E-state index contributed by atoms with van der Waals surface area (Å²) in [7, 11) is 0. The first-order chi connectivity index (χ1) is 8.16. The highest BCUT2D eigenvalue weighted by Crippen LogP contribution is 1.99. The van der Waals surface area contributed by atoms with Crippen LogP contribution in [0.1, 0.15) is 16.8 Å². The first-order valence-corrected chi connectivity index (χ1v) is 5.47. The molecule has 0 aliphatic heterocycles. The van der Waals surface area contributed by atoms with E-state index in [9.17, 15) is 5.11 Å². The maximum absolute atomic E-state index is 11.9. The Bertz CT molecular complexity index is 547. The van der Waals surface area contributed by atoms with Crippen LogP contribution in [0.15, 0.2) is 53.8 Å².